The maximum Gasteiger partial charge on any atom is 0.394 e. The zero-order chi connectivity index (χ0) is 19.7. The van der Waals surface area contributed by atoms with Crippen molar-refractivity contribution in [3.63, 3.8) is 0 Å². The van der Waals surface area contributed by atoms with Crippen molar-refractivity contribution < 1.29 is 27.4 Å². The first-order valence-electron chi connectivity index (χ1n) is 8.51. The minimum atomic E-state index is -4.18. The van der Waals surface area contributed by atoms with Gasteiger partial charge in [-0.2, -0.15) is 18.6 Å². The molecule has 148 valence electrons. The molecule has 6 nitrogen and oxygen atoms in total. The van der Waals surface area contributed by atoms with Crippen LogP contribution in [0.25, 0.3) is 0 Å². The smallest absolute Gasteiger partial charge is 0.394 e. The highest BCUT2D eigenvalue weighted by Gasteiger charge is 2.62. The summed E-state index contributed by atoms with van der Waals surface area (Å²) < 4.78 is 49.1. The quantitative estimate of drug-likeness (QED) is 0.549. The molecule has 10 heteroatoms. The molecule has 1 saturated carbocycles. The average Bonchev–Trinajstić information content (AvgIpc) is 3.25. The van der Waals surface area contributed by atoms with Crippen LogP contribution >= 0.6 is 11.6 Å². The SMILES string of the molecule is CCOC(=O)c1ccc(N2C=CC(OCCC3(C(F)(F)F)CC3)N2)nc1Cl. The predicted molar refractivity (Wildman–Crippen MR) is 92.0 cm³/mol. The number of ether oxygens (including phenoxy) is 2. The van der Waals surface area contributed by atoms with Crippen molar-refractivity contribution in [2.24, 2.45) is 5.41 Å². The fourth-order valence-electron chi connectivity index (χ4n) is 2.75. The van der Waals surface area contributed by atoms with Gasteiger partial charge in [0, 0.05) is 12.8 Å². The number of carbonyl (C=O) groups excluding carboxylic acids is 1. The van der Waals surface area contributed by atoms with Crippen molar-refractivity contribution in [2.45, 2.75) is 38.6 Å². The largest absolute Gasteiger partial charge is 0.462 e. The molecular weight excluding hydrogens is 387 g/mol. The molecule has 0 spiro atoms. The Morgan fingerprint density at radius 3 is 2.78 bits per heavy atom. The summed E-state index contributed by atoms with van der Waals surface area (Å²) in [5.74, 6) is -0.157. The zero-order valence-corrected chi connectivity index (χ0v) is 15.3. The highest BCUT2D eigenvalue weighted by molar-refractivity contribution is 6.32. The number of halogens is 4. The second kappa shape index (κ2) is 7.65. The number of nitrogens with one attached hydrogen (secondary N) is 1. The number of hydrogen-bond donors (Lipinski definition) is 1. The van der Waals surface area contributed by atoms with Crippen LogP contribution in [0.5, 0.6) is 0 Å². The zero-order valence-electron chi connectivity index (χ0n) is 14.6. The van der Waals surface area contributed by atoms with E-state index in [1.807, 2.05) is 0 Å². The van der Waals surface area contributed by atoms with Gasteiger partial charge in [0.15, 0.2) is 0 Å². The number of rotatable bonds is 7. The first-order valence-corrected chi connectivity index (χ1v) is 8.89. The van der Waals surface area contributed by atoms with Crippen LogP contribution in [-0.2, 0) is 9.47 Å². The molecule has 27 heavy (non-hydrogen) atoms. The summed E-state index contributed by atoms with van der Waals surface area (Å²) in [5.41, 5.74) is 1.51. The van der Waals surface area contributed by atoms with Crippen molar-refractivity contribution in [2.75, 3.05) is 18.2 Å². The molecule has 0 saturated heterocycles. The molecular formula is C17H19ClF3N3O3. The number of pyridine rings is 1. The Bertz CT molecular complexity index is 738. The number of esters is 1. The van der Waals surface area contributed by atoms with E-state index in [0.29, 0.717) is 5.82 Å². The highest BCUT2D eigenvalue weighted by Crippen LogP contribution is 2.59. The molecule has 2 heterocycles. The first-order chi connectivity index (χ1) is 12.8. The predicted octanol–water partition coefficient (Wildman–Crippen LogP) is 3.83. The van der Waals surface area contributed by atoms with Crippen LogP contribution in [0, 0.1) is 5.41 Å². The van der Waals surface area contributed by atoms with Gasteiger partial charge in [0.25, 0.3) is 0 Å². The number of anilines is 1. The Kier molecular flexibility index (Phi) is 5.64. The van der Waals surface area contributed by atoms with Crippen LogP contribution < -0.4 is 10.4 Å². The number of aromatic nitrogens is 1. The van der Waals surface area contributed by atoms with Gasteiger partial charge in [-0.3, -0.25) is 5.01 Å². The fraction of sp³-hybridized carbons (Fsp3) is 0.529. The van der Waals surface area contributed by atoms with Crippen LogP contribution in [0.15, 0.2) is 24.4 Å². The fourth-order valence-corrected chi connectivity index (χ4v) is 2.98. The maximum atomic E-state index is 12.9. The lowest BCUT2D eigenvalue weighted by Crippen LogP contribution is -2.38. The van der Waals surface area contributed by atoms with E-state index in [9.17, 15) is 18.0 Å². The molecule has 2 aliphatic rings. The molecule has 3 rings (SSSR count). The van der Waals surface area contributed by atoms with Gasteiger partial charge in [-0.25, -0.2) is 9.78 Å². The number of hydrogen-bond acceptors (Lipinski definition) is 6. The molecule has 1 unspecified atom stereocenters. The Hall–Kier alpha value is -1.84. The van der Waals surface area contributed by atoms with Gasteiger partial charge in [-0.05, 0) is 44.4 Å². The lowest BCUT2D eigenvalue weighted by molar-refractivity contribution is -0.192. The van der Waals surface area contributed by atoms with E-state index in [0.717, 1.165) is 0 Å². The Balaban J connectivity index is 1.52. The molecule has 0 amide bonds. The third kappa shape index (κ3) is 4.36. The van der Waals surface area contributed by atoms with E-state index in [1.54, 1.807) is 25.3 Å². The second-order valence-electron chi connectivity index (χ2n) is 6.39. The number of alkyl halides is 3. The summed E-state index contributed by atoms with van der Waals surface area (Å²) in [6.45, 7) is 1.90. The Labute approximate surface area is 159 Å². The van der Waals surface area contributed by atoms with E-state index in [2.05, 4.69) is 10.4 Å². The van der Waals surface area contributed by atoms with Crippen molar-refractivity contribution in [3.8, 4) is 0 Å². The van der Waals surface area contributed by atoms with Gasteiger partial charge in [0.1, 0.15) is 17.2 Å². The van der Waals surface area contributed by atoms with Crippen LogP contribution in [0.1, 0.15) is 36.5 Å². The van der Waals surface area contributed by atoms with Crippen LogP contribution in [0.2, 0.25) is 5.15 Å². The minimum Gasteiger partial charge on any atom is -0.462 e. The molecule has 1 aliphatic heterocycles. The molecule has 1 aliphatic carbocycles. The van der Waals surface area contributed by atoms with Gasteiger partial charge >= 0.3 is 12.1 Å². The first kappa shape index (κ1) is 19.9. The number of nitrogens with zero attached hydrogens (tertiary/aromatic N) is 2. The van der Waals surface area contributed by atoms with E-state index in [4.69, 9.17) is 21.1 Å². The summed E-state index contributed by atoms with van der Waals surface area (Å²) in [6, 6.07) is 3.06. The maximum absolute atomic E-state index is 12.9. The van der Waals surface area contributed by atoms with Crippen LogP contribution in [0.4, 0.5) is 19.0 Å². The average molecular weight is 406 g/mol. The van der Waals surface area contributed by atoms with Crippen molar-refractivity contribution in [1.82, 2.24) is 10.4 Å². The Morgan fingerprint density at radius 2 is 2.19 bits per heavy atom. The lowest BCUT2D eigenvalue weighted by atomic mass is 10.0. The topological polar surface area (TPSA) is 63.7 Å². The van der Waals surface area contributed by atoms with Crippen molar-refractivity contribution in [3.05, 3.63) is 35.1 Å². The molecule has 1 atom stereocenters. The summed E-state index contributed by atoms with van der Waals surface area (Å²) in [5, 5.41) is 1.51. The summed E-state index contributed by atoms with van der Waals surface area (Å²) in [7, 11) is 0. The third-order valence-electron chi connectivity index (χ3n) is 4.59. The summed E-state index contributed by atoms with van der Waals surface area (Å²) in [6.07, 6.45) is -1.20. The van der Waals surface area contributed by atoms with E-state index >= 15 is 0 Å². The molecule has 1 aromatic heterocycles. The normalized spacial score (nSPS) is 20.8. The molecule has 1 N–H and O–H groups in total. The lowest BCUT2D eigenvalue weighted by Gasteiger charge is -2.22. The molecule has 0 radical (unpaired) electrons. The van der Waals surface area contributed by atoms with Gasteiger partial charge in [-0.1, -0.05) is 11.6 Å². The van der Waals surface area contributed by atoms with Gasteiger partial charge in [0.2, 0.25) is 0 Å². The van der Waals surface area contributed by atoms with Gasteiger partial charge < -0.3 is 9.47 Å². The standard InChI is InChI=1S/C17H19ClF3N3O3/c1-2-26-15(25)11-3-4-12(22-14(11)18)24-9-5-13(23-24)27-10-8-16(6-7-16)17(19,20)21/h3-5,9,13,23H,2,6-8,10H2,1H3. The van der Waals surface area contributed by atoms with Crippen molar-refractivity contribution >= 4 is 23.4 Å². The van der Waals surface area contributed by atoms with Crippen LogP contribution in [-0.4, -0.2) is 36.6 Å². The Morgan fingerprint density at radius 1 is 1.44 bits per heavy atom. The monoisotopic (exact) mass is 405 g/mol. The number of hydrazine groups is 1. The summed E-state index contributed by atoms with van der Waals surface area (Å²) >= 11 is 6.03. The molecule has 1 fully saturated rings. The third-order valence-corrected chi connectivity index (χ3v) is 4.87. The molecule has 0 bridgehead atoms. The highest BCUT2D eigenvalue weighted by atomic mass is 35.5. The minimum absolute atomic E-state index is 0.00799. The van der Waals surface area contributed by atoms with E-state index < -0.39 is 23.8 Å². The van der Waals surface area contributed by atoms with E-state index in [1.165, 1.54) is 11.1 Å². The summed E-state index contributed by atoms with van der Waals surface area (Å²) in [4.78, 5) is 15.9. The van der Waals surface area contributed by atoms with Gasteiger partial charge in [-0.15, -0.1) is 0 Å². The number of carbonyl (C=O) groups is 1. The second-order valence-corrected chi connectivity index (χ2v) is 6.75. The van der Waals surface area contributed by atoms with Crippen LogP contribution in [0.3, 0.4) is 0 Å². The van der Waals surface area contributed by atoms with E-state index in [-0.39, 0.29) is 43.2 Å². The van der Waals surface area contributed by atoms with Crippen molar-refractivity contribution in [1.29, 1.82) is 0 Å². The van der Waals surface area contributed by atoms with Gasteiger partial charge in [0.05, 0.1) is 17.6 Å². The molecule has 0 aromatic carbocycles. The molecule has 1 aromatic rings.